The van der Waals surface area contributed by atoms with Crippen LogP contribution in [-0.2, 0) is 14.2 Å². The summed E-state index contributed by atoms with van der Waals surface area (Å²) < 4.78 is 17.3. The summed E-state index contributed by atoms with van der Waals surface area (Å²) in [5.74, 6) is 3.12. The van der Waals surface area contributed by atoms with E-state index < -0.39 is 0 Å². The number of fused-ring (bicyclic) bond motifs is 5. The molecule has 0 aromatic heterocycles. The highest BCUT2D eigenvalue weighted by Gasteiger charge is 2.62. The Bertz CT molecular complexity index is 546. The maximum Gasteiger partial charge on any atom is 0.146 e. The van der Waals surface area contributed by atoms with Crippen molar-refractivity contribution in [2.24, 2.45) is 34.5 Å². The molecule has 4 fully saturated rings. The van der Waals surface area contributed by atoms with Crippen molar-refractivity contribution in [3.63, 3.8) is 0 Å². The molecule has 0 aromatic carbocycles. The van der Waals surface area contributed by atoms with E-state index in [2.05, 4.69) is 20.4 Å². The molecule has 0 radical (unpaired) electrons. The average molecular weight is 363 g/mol. The molecule has 0 amide bonds. The maximum atomic E-state index is 6.20. The molecule has 4 rings (SSSR count). The highest BCUT2D eigenvalue weighted by molar-refractivity contribution is 5.23. The molecule has 26 heavy (non-hydrogen) atoms. The third-order valence-corrected chi connectivity index (χ3v) is 9.21. The Morgan fingerprint density at radius 2 is 1.92 bits per heavy atom. The van der Waals surface area contributed by atoms with E-state index in [1.54, 1.807) is 7.11 Å². The van der Waals surface area contributed by atoms with Gasteiger partial charge in [-0.25, -0.2) is 0 Å². The summed E-state index contributed by atoms with van der Waals surface area (Å²) >= 11 is 0. The molecule has 148 valence electrons. The first-order valence-corrected chi connectivity index (χ1v) is 10.8. The molecule has 0 aliphatic heterocycles. The summed E-state index contributed by atoms with van der Waals surface area (Å²) in [6.45, 7) is 9.97. The Balaban J connectivity index is 1.59. The Labute approximate surface area is 159 Å². The molecule has 8 atom stereocenters. The molecule has 3 nitrogen and oxygen atoms in total. The number of methoxy groups -OCH3 is 2. The third kappa shape index (κ3) is 2.72. The molecule has 4 saturated carbocycles. The molecule has 0 unspecified atom stereocenters. The van der Waals surface area contributed by atoms with Gasteiger partial charge in [0.05, 0.1) is 12.2 Å². The van der Waals surface area contributed by atoms with Gasteiger partial charge in [0, 0.05) is 14.2 Å². The smallest absolute Gasteiger partial charge is 0.146 e. The fourth-order valence-corrected chi connectivity index (χ4v) is 7.75. The van der Waals surface area contributed by atoms with Crippen LogP contribution >= 0.6 is 0 Å². The highest BCUT2D eigenvalue weighted by atomic mass is 16.7. The molecule has 0 bridgehead atoms. The standard InChI is InChI=1S/C23H38O3/c1-15-6-9-19-18-8-7-16-12-17(26-14-24-4)10-11-22(16,2)21(18)20(25-5)13-23(15,19)3/h16-21H,1,6-14H2,2-5H3/t16-,17+,18-,19-,20-,21+,22-,23+/m0/s1. The first kappa shape index (κ1) is 19.0. The van der Waals surface area contributed by atoms with Crippen LogP contribution in [0.4, 0.5) is 0 Å². The van der Waals surface area contributed by atoms with Crippen molar-refractivity contribution in [2.45, 2.75) is 77.4 Å². The predicted molar refractivity (Wildman–Crippen MR) is 104 cm³/mol. The zero-order valence-corrected chi connectivity index (χ0v) is 17.3. The number of hydrogen-bond acceptors (Lipinski definition) is 3. The largest absolute Gasteiger partial charge is 0.381 e. The van der Waals surface area contributed by atoms with Crippen LogP contribution in [0.5, 0.6) is 0 Å². The minimum Gasteiger partial charge on any atom is -0.381 e. The Hall–Kier alpha value is -0.380. The van der Waals surface area contributed by atoms with Crippen molar-refractivity contribution < 1.29 is 14.2 Å². The lowest BCUT2D eigenvalue weighted by Gasteiger charge is -2.62. The minimum absolute atomic E-state index is 0.309. The SMILES string of the molecule is C=C1CC[C@H]2[C@@H]3CC[C@H]4C[C@H](OCOC)CC[C@]4(C)[C@H]3[C@@H](OC)C[C@]12C. The van der Waals surface area contributed by atoms with Crippen LogP contribution in [0, 0.1) is 34.5 Å². The fraction of sp³-hybridized carbons (Fsp3) is 0.913. The van der Waals surface area contributed by atoms with Crippen LogP contribution in [0.2, 0.25) is 0 Å². The zero-order chi connectivity index (χ0) is 18.5. The first-order valence-electron chi connectivity index (χ1n) is 10.8. The van der Waals surface area contributed by atoms with E-state index in [0.29, 0.717) is 35.7 Å². The summed E-state index contributed by atoms with van der Waals surface area (Å²) in [6, 6.07) is 0. The van der Waals surface area contributed by atoms with Gasteiger partial charge in [-0.2, -0.15) is 0 Å². The van der Waals surface area contributed by atoms with Crippen LogP contribution in [0.15, 0.2) is 12.2 Å². The van der Waals surface area contributed by atoms with Crippen molar-refractivity contribution in [3.8, 4) is 0 Å². The molecule has 0 aromatic rings. The summed E-state index contributed by atoms with van der Waals surface area (Å²) in [6.07, 6.45) is 10.9. The molecule has 0 spiro atoms. The van der Waals surface area contributed by atoms with Crippen molar-refractivity contribution in [1.29, 1.82) is 0 Å². The van der Waals surface area contributed by atoms with Gasteiger partial charge in [-0.05, 0) is 85.9 Å². The molecule has 4 aliphatic rings. The lowest BCUT2D eigenvalue weighted by Crippen LogP contribution is -2.59. The number of ether oxygens (including phenoxy) is 3. The maximum absolute atomic E-state index is 6.20. The van der Waals surface area contributed by atoms with Crippen LogP contribution in [0.1, 0.15) is 65.2 Å². The minimum atomic E-state index is 0.309. The van der Waals surface area contributed by atoms with Gasteiger partial charge < -0.3 is 14.2 Å². The molecule has 0 heterocycles. The van der Waals surface area contributed by atoms with Crippen LogP contribution in [0.3, 0.4) is 0 Å². The summed E-state index contributed by atoms with van der Waals surface area (Å²) in [5.41, 5.74) is 2.21. The van der Waals surface area contributed by atoms with E-state index in [1.807, 2.05) is 7.11 Å². The first-order chi connectivity index (χ1) is 12.4. The number of rotatable bonds is 4. The highest BCUT2D eigenvalue weighted by Crippen LogP contribution is 2.67. The van der Waals surface area contributed by atoms with Crippen LogP contribution < -0.4 is 0 Å². The van der Waals surface area contributed by atoms with Crippen molar-refractivity contribution in [3.05, 3.63) is 12.2 Å². The second-order valence-corrected chi connectivity index (χ2v) is 10.1. The summed E-state index contributed by atoms with van der Waals surface area (Å²) in [4.78, 5) is 0. The summed E-state index contributed by atoms with van der Waals surface area (Å²) in [5, 5.41) is 0. The van der Waals surface area contributed by atoms with Gasteiger partial charge in [0.2, 0.25) is 0 Å². The second kappa shape index (κ2) is 6.90. The molecular weight excluding hydrogens is 324 g/mol. The zero-order valence-electron chi connectivity index (χ0n) is 17.3. The fourth-order valence-electron chi connectivity index (χ4n) is 7.75. The van der Waals surface area contributed by atoms with Gasteiger partial charge in [-0.3, -0.25) is 0 Å². The molecular formula is C23H38O3. The average Bonchev–Trinajstić information content (AvgIpc) is 2.93. The van der Waals surface area contributed by atoms with E-state index in [1.165, 1.54) is 56.9 Å². The van der Waals surface area contributed by atoms with Gasteiger partial charge in [0.25, 0.3) is 0 Å². The van der Waals surface area contributed by atoms with Gasteiger partial charge in [-0.1, -0.05) is 26.0 Å². The molecule has 0 N–H and O–H groups in total. The molecule has 0 saturated heterocycles. The lowest BCUT2D eigenvalue weighted by molar-refractivity contribution is -0.186. The Morgan fingerprint density at radius 3 is 2.65 bits per heavy atom. The Morgan fingerprint density at radius 1 is 1.12 bits per heavy atom. The van der Waals surface area contributed by atoms with E-state index in [9.17, 15) is 0 Å². The second-order valence-electron chi connectivity index (χ2n) is 10.1. The van der Waals surface area contributed by atoms with Gasteiger partial charge in [0.15, 0.2) is 0 Å². The van der Waals surface area contributed by atoms with E-state index >= 15 is 0 Å². The van der Waals surface area contributed by atoms with Gasteiger partial charge in [-0.15, -0.1) is 0 Å². The quantitative estimate of drug-likeness (QED) is 0.508. The third-order valence-electron chi connectivity index (χ3n) is 9.21. The van der Waals surface area contributed by atoms with E-state index in [4.69, 9.17) is 14.2 Å². The normalized spacial score (nSPS) is 50.8. The van der Waals surface area contributed by atoms with E-state index in [-0.39, 0.29) is 0 Å². The summed E-state index contributed by atoms with van der Waals surface area (Å²) in [7, 11) is 3.67. The number of allylic oxidation sites excluding steroid dienone is 1. The predicted octanol–water partition coefficient (Wildman–Crippen LogP) is 5.20. The lowest BCUT2D eigenvalue weighted by atomic mass is 9.44. The van der Waals surface area contributed by atoms with Gasteiger partial charge in [0.1, 0.15) is 6.79 Å². The molecule has 3 heteroatoms. The number of hydrogen-bond donors (Lipinski definition) is 0. The van der Waals surface area contributed by atoms with E-state index in [0.717, 1.165) is 17.8 Å². The van der Waals surface area contributed by atoms with Crippen molar-refractivity contribution in [2.75, 3.05) is 21.0 Å². The Kier molecular flexibility index (Phi) is 5.03. The topological polar surface area (TPSA) is 27.7 Å². The van der Waals surface area contributed by atoms with Crippen LogP contribution in [0.25, 0.3) is 0 Å². The monoisotopic (exact) mass is 362 g/mol. The van der Waals surface area contributed by atoms with Crippen LogP contribution in [-0.4, -0.2) is 33.2 Å². The molecule has 4 aliphatic carbocycles. The van der Waals surface area contributed by atoms with Crippen molar-refractivity contribution in [1.82, 2.24) is 0 Å². The van der Waals surface area contributed by atoms with Crippen molar-refractivity contribution >= 4 is 0 Å². The van der Waals surface area contributed by atoms with Gasteiger partial charge >= 0.3 is 0 Å².